The van der Waals surface area contributed by atoms with Gasteiger partial charge in [-0.15, -0.1) is 0 Å². The smallest absolute Gasteiger partial charge is 0.249 e. The Bertz CT molecular complexity index is 761. The summed E-state index contributed by atoms with van der Waals surface area (Å²) in [5.74, 6) is -0.589. The number of hydrogen-bond donors (Lipinski definition) is 5. The van der Waals surface area contributed by atoms with Crippen molar-refractivity contribution in [2.75, 3.05) is 6.61 Å². The molecule has 0 aromatic heterocycles. The zero-order valence-corrected chi connectivity index (χ0v) is 35.5. The summed E-state index contributed by atoms with van der Waals surface area (Å²) in [4.78, 5) is 12.5. The Morgan fingerprint density at radius 1 is 0.453 bits per heavy atom. The molecule has 4 atom stereocenters. The molecule has 0 aromatic carbocycles. The maximum atomic E-state index is 12.5. The lowest BCUT2D eigenvalue weighted by Gasteiger charge is -2.27. The van der Waals surface area contributed by atoms with Crippen LogP contribution >= 0.6 is 0 Å². The Kier molecular flexibility index (Phi) is 41.4. The minimum absolute atomic E-state index is 0.368. The van der Waals surface area contributed by atoms with E-state index in [1.165, 1.54) is 186 Å². The van der Waals surface area contributed by atoms with E-state index in [2.05, 4.69) is 31.3 Å². The highest BCUT2D eigenvalue weighted by Crippen LogP contribution is 2.17. The molecule has 0 bridgehead atoms. The largest absolute Gasteiger partial charge is 0.394 e. The van der Waals surface area contributed by atoms with Gasteiger partial charge in [0.05, 0.1) is 18.8 Å². The molecule has 0 fully saturated rings. The van der Waals surface area contributed by atoms with Gasteiger partial charge in [0.15, 0.2) is 0 Å². The number of amides is 1. The maximum Gasteiger partial charge on any atom is 0.249 e. The molecule has 0 aliphatic carbocycles. The predicted molar refractivity (Wildman–Crippen MR) is 228 cm³/mol. The molecule has 6 heteroatoms. The van der Waals surface area contributed by atoms with Gasteiger partial charge < -0.3 is 25.7 Å². The van der Waals surface area contributed by atoms with Gasteiger partial charge in [-0.1, -0.05) is 225 Å². The number of rotatable bonds is 43. The normalized spacial score (nSPS) is 14.2. The molecule has 0 spiro atoms. The minimum atomic E-state index is -1.28. The number of carbonyl (C=O) groups is 1. The van der Waals surface area contributed by atoms with Gasteiger partial charge >= 0.3 is 0 Å². The number of aliphatic hydroxyl groups is 4. The van der Waals surface area contributed by atoms with Gasteiger partial charge in [-0.05, 0) is 38.5 Å². The molecule has 1 amide bonds. The van der Waals surface area contributed by atoms with Crippen LogP contribution in [-0.4, -0.2) is 57.3 Å². The summed E-state index contributed by atoms with van der Waals surface area (Å²) in [5.41, 5.74) is 0. The van der Waals surface area contributed by atoms with Gasteiger partial charge in [0.2, 0.25) is 5.91 Å². The molecule has 0 aliphatic rings. The molecular formula is C47H93NO5. The maximum absolute atomic E-state index is 12.5. The summed E-state index contributed by atoms with van der Waals surface area (Å²) in [6.07, 6.45) is 46.8. The fraction of sp³-hybridized carbons (Fsp3) is 0.936. The Balaban J connectivity index is 3.72. The van der Waals surface area contributed by atoms with E-state index in [1.54, 1.807) is 0 Å². The van der Waals surface area contributed by atoms with Crippen molar-refractivity contribution in [2.45, 2.75) is 276 Å². The second-order valence-corrected chi connectivity index (χ2v) is 16.5. The summed E-state index contributed by atoms with van der Waals surface area (Å²) < 4.78 is 0. The van der Waals surface area contributed by atoms with Crippen LogP contribution in [0, 0.1) is 0 Å². The molecule has 53 heavy (non-hydrogen) atoms. The molecule has 0 aliphatic heterocycles. The lowest BCUT2D eigenvalue weighted by Crippen LogP contribution is -2.53. The monoisotopic (exact) mass is 752 g/mol. The van der Waals surface area contributed by atoms with Crippen molar-refractivity contribution in [3.8, 4) is 0 Å². The summed E-state index contributed by atoms with van der Waals surface area (Å²) >= 11 is 0. The van der Waals surface area contributed by atoms with Gasteiger partial charge in [-0.2, -0.15) is 0 Å². The first kappa shape index (κ1) is 52.0. The third kappa shape index (κ3) is 36.4. The SMILES string of the molecule is CCCCCCCCCCCCCCC/C=C/CCCC(O)C(O)C(CO)NC(=O)C(O)CCCCCCCCCCCCCCCCCCCCC. The topological polar surface area (TPSA) is 110 Å². The quantitative estimate of drug-likeness (QED) is 0.0315. The first-order chi connectivity index (χ1) is 26.0. The molecule has 5 N–H and O–H groups in total. The molecule has 0 radical (unpaired) electrons. The summed E-state index contributed by atoms with van der Waals surface area (Å²) in [5, 5.41) is 43.7. The zero-order valence-electron chi connectivity index (χ0n) is 35.5. The first-order valence-corrected chi connectivity index (χ1v) is 23.6. The Hall–Kier alpha value is -0.950. The van der Waals surface area contributed by atoms with E-state index in [1.807, 2.05) is 0 Å². The van der Waals surface area contributed by atoms with Crippen LogP contribution in [0.5, 0.6) is 0 Å². The zero-order chi connectivity index (χ0) is 38.9. The number of hydrogen-bond acceptors (Lipinski definition) is 5. The Labute approximate surface area is 330 Å². The third-order valence-electron chi connectivity index (χ3n) is 11.2. The molecule has 316 valence electrons. The molecular weight excluding hydrogens is 659 g/mol. The van der Waals surface area contributed by atoms with Crippen molar-refractivity contribution in [1.82, 2.24) is 5.32 Å². The van der Waals surface area contributed by atoms with Crippen molar-refractivity contribution in [1.29, 1.82) is 0 Å². The van der Waals surface area contributed by atoms with Crippen molar-refractivity contribution >= 4 is 5.91 Å². The standard InChI is InChI=1S/C47H93NO5/c1-3-5-7-9-11-13-15-17-19-21-23-25-27-29-31-33-35-37-39-41-45(51)47(53)48-43(42-49)46(52)44(50)40-38-36-34-32-30-28-26-24-22-20-18-16-14-12-10-8-6-4-2/h32,34,43-46,49-52H,3-31,33,35-42H2,1-2H3,(H,48,53)/b34-32+. The molecule has 6 nitrogen and oxygen atoms in total. The van der Waals surface area contributed by atoms with E-state index in [0.717, 1.165) is 38.5 Å². The second-order valence-electron chi connectivity index (χ2n) is 16.5. The summed E-state index contributed by atoms with van der Waals surface area (Å²) in [6, 6.07) is -0.997. The van der Waals surface area contributed by atoms with Crippen LogP contribution in [0.3, 0.4) is 0 Å². The van der Waals surface area contributed by atoms with Crippen molar-refractivity contribution < 1.29 is 25.2 Å². The van der Waals surface area contributed by atoms with Crippen LogP contribution in [0.15, 0.2) is 12.2 Å². The molecule has 4 unspecified atom stereocenters. The van der Waals surface area contributed by atoms with E-state index < -0.39 is 36.9 Å². The number of unbranched alkanes of at least 4 members (excludes halogenated alkanes) is 32. The fourth-order valence-corrected chi connectivity index (χ4v) is 7.46. The first-order valence-electron chi connectivity index (χ1n) is 23.6. The second kappa shape index (κ2) is 42.2. The summed E-state index contributed by atoms with van der Waals surface area (Å²) in [7, 11) is 0. The van der Waals surface area contributed by atoms with E-state index in [4.69, 9.17) is 0 Å². The lowest BCUT2D eigenvalue weighted by molar-refractivity contribution is -0.132. The minimum Gasteiger partial charge on any atom is -0.394 e. The number of allylic oxidation sites excluding steroid dienone is 2. The van der Waals surface area contributed by atoms with Gasteiger partial charge in [0.1, 0.15) is 12.2 Å². The number of aliphatic hydroxyl groups excluding tert-OH is 4. The van der Waals surface area contributed by atoms with Crippen molar-refractivity contribution in [3.05, 3.63) is 12.2 Å². The molecule has 0 rings (SSSR count). The average Bonchev–Trinajstić information content (AvgIpc) is 3.16. The van der Waals surface area contributed by atoms with Gasteiger partial charge in [0.25, 0.3) is 0 Å². The highest BCUT2D eigenvalue weighted by Gasteiger charge is 2.28. The number of nitrogens with one attached hydrogen (secondary N) is 1. The van der Waals surface area contributed by atoms with E-state index in [9.17, 15) is 25.2 Å². The van der Waals surface area contributed by atoms with E-state index >= 15 is 0 Å². The molecule has 0 saturated carbocycles. The highest BCUT2D eigenvalue weighted by atomic mass is 16.3. The van der Waals surface area contributed by atoms with Crippen LogP contribution in [0.25, 0.3) is 0 Å². The third-order valence-corrected chi connectivity index (χ3v) is 11.2. The van der Waals surface area contributed by atoms with Gasteiger partial charge in [-0.3, -0.25) is 4.79 Å². The highest BCUT2D eigenvalue weighted by molar-refractivity contribution is 5.80. The lowest BCUT2D eigenvalue weighted by atomic mass is 10.00. The average molecular weight is 752 g/mol. The van der Waals surface area contributed by atoms with Crippen LogP contribution in [0.4, 0.5) is 0 Å². The Morgan fingerprint density at radius 3 is 1.13 bits per heavy atom. The molecule has 0 aromatic rings. The fourth-order valence-electron chi connectivity index (χ4n) is 7.46. The predicted octanol–water partition coefficient (Wildman–Crippen LogP) is 12.6. The van der Waals surface area contributed by atoms with E-state index in [-0.39, 0.29) is 0 Å². The van der Waals surface area contributed by atoms with Gasteiger partial charge in [0, 0.05) is 0 Å². The van der Waals surface area contributed by atoms with E-state index in [0.29, 0.717) is 12.8 Å². The van der Waals surface area contributed by atoms with Crippen LogP contribution in [0.1, 0.15) is 251 Å². The number of carbonyl (C=O) groups excluding carboxylic acids is 1. The summed E-state index contributed by atoms with van der Waals surface area (Å²) in [6.45, 7) is 4.06. The van der Waals surface area contributed by atoms with Crippen LogP contribution < -0.4 is 5.32 Å². The van der Waals surface area contributed by atoms with Crippen molar-refractivity contribution in [2.24, 2.45) is 0 Å². The molecule has 0 saturated heterocycles. The molecule has 0 heterocycles. The van der Waals surface area contributed by atoms with Crippen LogP contribution in [-0.2, 0) is 4.79 Å². The van der Waals surface area contributed by atoms with Crippen LogP contribution in [0.2, 0.25) is 0 Å². The van der Waals surface area contributed by atoms with Crippen molar-refractivity contribution in [3.63, 3.8) is 0 Å². The van der Waals surface area contributed by atoms with Gasteiger partial charge in [-0.25, -0.2) is 0 Å². The Morgan fingerprint density at radius 2 is 0.774 bits per heavy atom.